The van der Waals surface area contributed by atoms with Crippen molar-refractivity contribution < 1.29 is 19.4 Å². The van der Waals surface area contributed by atoms with Gasteiger partial charge in [0.15, 0.2) is 17.2 Å². The quantitative estimate of drug-likeness (QED) is 0.939. The summed E-state index contributed by atoms with van der Waals surface area (Å²) in [6.07, 6.45) is 2.53. The smallest absolute Gasteiger partial charge is 0.357 e. The fourth-order valence-electron chi connectivity index (χ4n) is 2.34. The lowest BCUT2D eigenvalue weighted by Gasteiger charge is -2.11. The number of benzene rings is 1. The Kier molecular flexibility index (Phi) is 3.51. The molecule has 6 nitrogen and oxygen atoms in total. The molecule has 0 fully saturated rings. The van der Waals surface area contributed by atoms with E-state index < -0.39 is 5.97 Å². The van der Waals surface area contributed by atoms with E-state index in [0.717, 1.165) is 6.42 Å². The summed E-state index contributed by atoms with van der Waals surface area (Å²) >= 11 is 0. The first-order valence-corrected chi connectivity index (χ1v) is 6.90. The SMILES string of the molecule is CCn1cc(-c2cccc3c2OCCCO3)c(C(=O)O)n1. The molecule has 6 heteroatoms. The summed E-state index contributed by atoms with van der Waals surface area (Å²) in [6, 6.07) is 5.49. The first-order valence-electron chi connectivity index (χ1n) is 6.90. The molecule has 2 heterocycles. The minimum absolute atomic E-state index is 0.0260. The van der Waals surface area contributed by atoms with E-state index in [1.807, 2.05) is 25.1 Å². The molecule has 0 atom stereocenters. The number of carboxylic acid groups (broad SMARTS) is 1. The molecule has 1 aromatic heterocycles. The number of ether oxygens (including phenoxy) is 2. The number of aryl methyl sites for hydroxylation is 1. The van der Waals surface area contributed by atoms with E-state index >= 15 is 0 Å². The molecule has 1 aliphatic heterocycles. The highest BCUT2D eigenvalue weighted by Gasteiger charge is 2.23. The lowest BCUT2D eigenvalue weighted by Crippen LogP contribution is -2.02. The molecular formula is C15H16N2O4. The van der Waals surface area contributed by atoms with Crippen LogP contribution in [-0.2, 0) is 6.54 Å². The number of aromatic nitrogens is 2. The van der Waals surface area contributed by atoms with Crippen LogP contribution >= 0.6 is 0 Å². The Morgan fingerprint density at radius 3 is 2.90 bits per heavy atom. The molecule has 1 N–H and O–H groups in total. The molecule has 0 radical (unpaired) electrons. The molecule has 21 heavy (non-hydrogen) atoms. The van der Waals surface area contributed by atoms with Crippen molar-refractivity contribution in [2.45, 2.75) is 19.9 Å². The zero-order valence-electron chi connectivity index (χ0n) is 11.7. The van der Waals surface area contributed by atoms with Gasteiger partial charge in [-0.15, -0.1) is 0 Å². The second kappa shape index (κ2) is 5.47. The van der Waals surface area contributed by atoms with Crippen molar-refractivity contribution >= 4 is 5.97 Å². The first kappa shape index (κ1) is 13.5. The Morgan fingerprint density at radius 1 is 1.33 bits per heavy atom. The summed E-state index contributed by atoms with van der Waals surface area (Å²) in [5.41, 5.74) is 1.27. The van der Waals surface area contributed by atoms with Crippen molar-refractivity contribution in [1.29, 1.82) is 0 Å². The summed E-state index contributed by atoms with van der Waals surface area (Å²) in [6.45, 7) is 3.66. The van der Waals surface area contributed by atoms with Crippen molar-refractivity contribution in [3.05, 3.63) is 30.1 Å². The lowest BCUT2D eigenvalue weighted by atomic mass is 10.0. The van der Waals surface area contributed by atoms with Gasteiger partial charge in [0.25, 0.3) is 0 Å². The second-order valence-corrected chi connectivity index (χ2v) is 4.74. The summed E-state index contributed by atoms with van der Waals surface area (Å²) in [5.74, 6) is 0.183. The van der Waals surface area contributed by atoms with Gasteiger partial charge in [0, 0.05) is 30.3 Å². The predicted molar refractivity (Wildman–Crippen MR) is 75.9 cm³/mol. The van der Waals surface area contributed by atoms with Gasteiger partial charge in [0.2, 0.25) is 0 Å². The molecule has 1 aromatic carbocycles. The van der Waals surface area contributed by atoms with E-state index in [9.17, 15) is 9.90 Å². The van der Waals surface area contributed by atoms with Gasteiger partial charge in [0.05, 0.1) is 13.2 Å². The lowest BCUT2D eigenvalue weighted by molar-refractivity contribution is 0.0690. The molecule has 1 aliphatic rings. The predicted octanol–water partition coefficient (Wildman–Crippen LogP) is 2.43. The van der Waals surface area contributed by atoms with Crippen LogP contribution < -0.4 is 9.47 Å². The van der Waals surface area contributed by atoms with Crippen LogP contribution in [0.15, 0.2) is 24.4 Å². The number of hydrogen-bond donors (Lipinski definition) is 1. The van der Waals surface area contributed by atoms with Crippen molar-refractivity contribution in [3.63, 3.8) is 0 Å². The van der Waals surface area contributed by atoms with Crippen LogP contribution in [0.4, 0.5) is 0 Å². The summed E-state index contributed by atoms with van der Waals surface area (Å²) in [4.78, 5) is 11.4. The van der Waals surface area contributed by atoms with E-state index in [2.05, 4.69) is 5.10 Å². The largest absolute Gasteiger partial charge is 0.490 e. The number of para-hydroxylation sites is 1. The third-order valence-electron chi connectivity index (χ3n) is 3.35. The van der Waals surface area contributed by atoms with Crippen molar-refractivity contribution in [2.24, 2.45) is 0 Å². The second-order valence-electron chi connectivity index (χ2n) is 4.74. The van der Waals surface area contributed by atoms with Crippen LogP contribution in [0.25, 0.3) is 11.1 Å². The fraction of sp³-hybridized carbons (Fsp3) is 0.333. The molecule has 0 unspecified atom stereocenters. The maximum atomic E-state index is 11.4. The average Bonchev–Trinajstić information content (AvgIpc) is 2.77. The molecule has 0 aliphatic carbocycles. The van der Waals surface area contributed by atoms with E-state index in [1.165, 1.54) is 0 Å². The van der Waals surface area contributed by atoms with Gasteiger partial charge in [-0.2, -0.15) is 5.10 Å². The van der Waals surface area contributed by atoms with E-state index in [1.54, 1.807) is 10.9 Å². The van der Waals surface area contributed by atoms with Crippen molar-refractivity contribution in [3.8, 4) is 22.6 Å². The monoisotopic (exact) mass is 288 g/mol. The Labute approximate surface area is 121 Å². The molecule has 0 saturated carbocycles. The van der Waals surface area contributed by atoms with E-state index in [4.69, 9.17) is 9.47 Å². The van der Waals surface area contributed by atoms with Crippen LogP contribution in [0.3, 0.4) is 0 Å². The zero-order chi connectivity index (χ0) is 14.8. The van der Waals surface area contributed by atoms with Crippen LogP contribution in [0, 0.1) is 0 Å². The zero-order valence-corrected chi connectivity index (χ0v) is 11.7. The molecule has 0 amide bonds. The van der Waals surface area contributed by atoms with Crippen molar-refractivity contribution in [1.82, 2.24) is 9.78 Å². The number of carboxylic acids is 1. The number of hydrogen-bond acceptors (Lipinski definition) is 4. The molecule has 110 valence electrons. The fourth-order valence-corrected chi connectivity index (χ4v) is 2.34. The highest BCUT2D eigenvalue weighted by Crippen LogP contribution is 2.40. The Balaban J connectivity index is 2.17. The third kappa shape index (κ3) is 2.44. The van der Waals surface area contributed by atoms with Gasteiger partial charge in [-0.1, -0.05) is 12.1 Å². The Bertz CT molecular complexity index is 678. The molecule has 0 spiro atoms. The maximum absolute atomic E-state index is 11.4. The minimum atomic E-state index is -1.05. The van der Waals surface area contributed by atoms with Gasteiger partial charge in [-0.25, -0.2) is 4.79 Å². The van der Waals surface area contributed by atoms with Gasteiger partial charge < -0.3 is 14.6 Å². The Morgan fingerprint density at radius 2 is 2.14 bits per heavy atom. The number of aromatic carboxylic acids is 1. The van der Waals surface area contributed by atoms with Gasteiger partial charge in [-0.3, -0.25) is 4.68 Å². The molecule has 3 rings (SSSR count). The molecule has 0 saturated heterocycles. The number of nitrogens with zero attached hydrogens (tertiary/aromatic N) is 2. The van der Waals surface area contributed by atoms with E-state index in [-0.39, 0.29) is 5.69 Å². The Hall–Kier alpha value is -2.50. The topological polar surface area (TPSA) is 73.6 Å². The summed E-state index contributed by atoms with van der Waals surface area (Å²) < 4.78 is 13.0. The van der Waals surface area contributed by atoms with Crippen LogP contribution in [-0.4, -0.2) is 34.1 Å². The third-order valence-corrected chi connectivity index (χ3v) is 3.35. The number of carbonyl (C=O) groups is 1. The number of rotatable bonds is 3. The van der Waals surface area contributed by atoms with Gasteiger partial charge in [0.1, 0.15) is 0 Å². The standard InChI is InChI=1S/C15H16N2O4/c1-2-17-9-11(13(16-17)15(18)19)10-5-3-6-12-14(10)21-8-4-7-20-12/h3,5-6,9H,2,4,7-8H2,1H3,(H,18,19). The van der Waals surface area contributed by atoms with E-state index in [0.29, 0.717) is 42.4 Å². The molecule has 2 aromatic rings. The number of fused-ring (bicyclic) bond motifs is 1. The molecular weight excluding hydrogens is 272 g/mol. The van der Waals surface area contributed by atoms with Crippen LogP contribution in [0.1, 0.15) is 23.8 Å². The van der Waals surface area contributed by atoms with Crippen LogP contribution in [0.2, 0.25) is 0 Å². The summed E-state index contributed by atoms with van der Waals surface area (Å²) in [7, 11) is 0. The summed E-state index contributed by atoms with van der Waals surface area (Å²) in [5, 5.41) is 13.4. The van der Waals surface area contributed by atoms with Crippen LogP contribution in [0.5, 0.6) is 11.5 Å². The first-order chi connectivity index (χ1) is 10.2. The van der Waals surface area contributed by atoms with Gasteiger partial charge in [-0.05, 0) is 13.0 Å². The average molecular weight is 288 g/mol. The maximum Gasteiger partial charge on any atom is 0.357 e. The highest BCUT2D eigenvalue weighted by atomic mass is 16.5. The normalized spacial score (nSPS) is 13.8. The van der Waals surface area contributed by atoms with Crippen molar-refractivity contribution in [2.75, 3.05) is 13.2 Å². The molecule has 0 bridgehead atoms. The highest BCUT2D eigenvalue weighted by molar-refractivity contribution is 5.95. The minimum Gasteiger partial charge on any atom is -0.490 e. The van der Waals surface area contributed by atoms with Gasteiger partial charge >= 0.3 is 5.97 Å².